The van der Waals surface area contributed by atoms with Gasteiger partial charge >= 0.3 is 5.97 Å². The number of benzene rings is 2. The lowest BCUT2D eigenvalue weighted by Crippen LogP contribution is -2.47. The highest BCUT2D eigenvalue weighted by Gasteiger charge is 2.44. The Morgan fingerprint density at radius 1 is 1.08 bits per heavy atom. The van der Waals surface area contributed by atoms with E-state index in [1.807, 2.05) is 17.5 Å². The number of nitrogens with two attached hydrogens (primary N) is 1. The first-order valence-electron chi connectivity index (χ1n) is 10.4. The van der Waals surface area contributed by atoms with Crippen LogP contribution in [0.5, 0.6) is 0 Å². The standard InChI is InChI=1S/C24H21FN4O4S2.ClH/c25-18-8-10-19(11-9-18)35(32,33)24(26,20-2-1-3-21(29-20)28-15-22(30)31)14-16-4-6-17(7-5-16)23-27-12-13-34-23;/h1-13H,14-15,26H2,(H,28,29)(H,30,31);1H. The van der Waals surface area contributed by atoms with E-state index < -0.39 is 33.0 Å². The molecule has 36 heavy (non-hydrogen) atoms. The molecule has 4 N–H and O–H groups in total. The van der Waals surface area contributed by atoms with Crippen molar-refractivity contribution in [3.63, 3.8) is 0 Å². The van der Waals surface area contributed by atoms with Crippen LogP contribution in [0.15, 0.2) is 83.2 Å². The molecule has 0 fully saturated rings. The lowest BCUT2D eigenvalue weighted by Gasteiger charge is -2.29. The number of sulfone groups is 1. The molecule has 188 valence electrons. The third kappa shape index (κ3) is 5.71. The van der Waals surface area contributed by atoms with Crippen LogP contribution >= 0.6 is 23.7 Å². The number of carboxylic acids is 1. The molecule has 0 spiro atoms. The van der Waals surface area contributed by atoms with Crippen molar-refractivity contribution in [1.29, 1.82) is 0 Å². The maximum absolute atomic E-state index is 13.8. The number of halogens is 2. The second-order valence-corrected chi connectivity index (χ2v) is 10.8. The molecule has 4 aromatic rings. The normalized spacial score (nSPS) is 12.8. The smallest absolute Gasteiger partial charge is 0.322 e. The van der Waals surface area contributed by atoms with Gasteiger partial charge in [0.2, 0.25) is 9.84 Å². The minimum atomic E-state index is -4.28. The first-order valence-corrected chi connectivity index (χ1v) is 12.8. The largest absolute Gasteiger partial charge is 0.480 e. The summed E-state index contributed by atoms with van der Waals surface area (Å²) in [4.78, 5) is 17.3. The summed E-state index contributed by atoms with van der Waals surface area (Å²) in [5, 5.41) is 14.3. The minimum Gasteiger partial charge on any atom is -0.480 e. The maximum Gasteiger partial charge on any atom is 0.322 e. The van der Waals surface area contributed by atoms with Gasteiger partial charge in [-0.05, 0) is 42.0 Å². The Hall–Kier alpha value is -3.38. The fraction of sp³-hybridized carbons (Fsp3) is 0.125. The molecule has 0 aliphatic carbocycles. The molecule has 0 saturated carbocycles. The molecule has 0 aliphatic rings. The van der Waals surface area contributed by atoms with Crippen molar-refractivity contribution in [1.82, 2.24) is 9.97 Å². The molecule has 2 heterocycles. The second kappa shape index (κ2) is 11.1. The van der Waals surface area contributed by atoms with Crippen LogP contribution < -0.4 is 11.1 Å². The topological polar surface area (TPSA) is 135 Å². The third-order valence-corrected chi connectivity index (χ3v) is 8.33. The summed E-state index contributed by atoms with van der Waals surface area (Å²) >= 11 is 1.48. The Labute approximate surface area is 217 Å². The molecule has 0 saturated heterocycles. The Bertz CT molecular complexity index is 1430. The van der Waals surface area contributed by atoms with Crippen molar-refractivity contribution in [3.05, 3.63) is 95.4 Å². The number of nitrogens with one attached hydrogen (secondary N) is 1. The van der Waals surface area contributed by atoms with E-state index in [1.54, 1.807) is 24.4 Å². The van der Waals surface area contributed by atoms with E-state index in [2.05, 4.69) is 15.3 Å². The maximum atomic E-state index is 13.8. The Balaban J connectivity index is 0.00000361. The van der Waals surface area contributed by atoms with Gasteiger partial charge in [-0.3, -0.25) is 4.79 Å². The van der Waals surface area contributed by atoms with Gasteiger partial charge in [-0.25, -0.2) is 22.8 Å². The predicted octanol–water partition coefficient (Wildman–Crippen LogP) is 4.09. The van der Waals surface area contributed by atoms with Crippen LogP contribution in [0.25, 0.3) is 10.6 Å². The Morgan fingerprint density at radius 2 is 1.78 bits per heavy atom. The molecule has 2 aromatic carbocycles. The number of aromatic nitrogens is 2. The van der Waals surface area contributed by atoms with Crippen LogP contribution in [0.1, 0.15) is 11.3 Å². The molecule has 1 unspecified atom stereocenters. The van der Waals surface area contributed by atoms with Gasteiger partial charge in [0.1, 0.15) is 23.2 Å². The van der Waals surface area contributed by atoms with Crippen molar-refractivity contribution < 1.29 is 22.7 Å². The van der Waals surface area contributed by atoms with Crippen molar-refractivity contribution in [2.24, 2.45) is 5.73 Å². The van der Waals surface area contributed by atoms with E-state index >= 15 is 0 Å². The molecule has 0 radical (unpaired) electrons. The number of anilines is 1. The summed E-state index contributed by atoms with van der Waals surface area (Å²) in [6, 6.07) is 16.1. The van der Waals surface area contributed by atoms with Crippen LogP contribution in [-0.4, -0.2) is 36.0 Å². The number of pyridine rings is 1. The molecule has 8 nitrogen and oxygen atoms in total. The number of hydrogen-bond donors (Lipinski definition) is 3. The van der Waals surface area contributed by atoms with Crippen LogP contribution in [0, 0.1) is 5.82 Å². The molecular formula is C24H22ClFN4O4S2. The van der Waals surface area contributed by atoms with Crippen LogP contribution in [0.3, 0.4) is 0 Å². The zero-order valence-corrected chi connectivity index (χ0v) is 21.1. The average molecular weight is 549 g/mol. The molecule has 2 aromatic heterocycles. The summed E-state index contributed by atoms with van der Waals surface area (Å²) in [5.41, 5.74) is 8.18. The SMILES string of the molecule is Cl.NC(Cc1ccc(-c2nccs2)cc1)(c1cccc(NCC(=O)O)n1)S(=O)(=O)c1ccc(F)cc1. The molecule has 0 amide bonds. The first-order chi connectivity index (χ1) is 16.7. The fourth-order valence-corrected chi connectivity index (χ4v) is 5.82. The highest BCUT2D eigenvalue weighted by Crippen LogP contribution is 2.34. The van der Waals surface area contributed by atoms with Crippen molar-refractivity contribution in [2.75, 3.05) is 11.9 Å². The monoisotopic (exact) mass is 548 g/mol. The number of nitrogens with zero attached hydrogens (tertiary/aromatic N) is 2. The second-order valence-electron chi connectivity index (χ2n) is 7.71. The third-order valence-electron chi connectivity index (χ3n) is 5.31. The van der Waals surface area contributed by atoms with Gasteiger partial charge in [0.15, 0.2) is 4.87 Å². The molecule has 4 rings (SSSR count). The van der Waals surface area contributed by atoms with Crippen molar-refractivity contribution in [3.8, 4) is 10.6 Å². The summed E-state index contributed by atoms with van der Waals surface area (Å²) in [5.74, 6) is -1.52. The Morgan fingerprint density at radius 3 is 2.39 bits per heavy atom. The highest BCUT2D eigenvalue weighted by molar-refractivity contribution is 7.92. The van der Waals surface area contributed by atoms with Crippen molar-refractivity contribution >= 4 is 45.4 Å². The van der Waals surface area contributed by atoms with E-state index in [1.165, 1.54) is 23.5 Å². The van der Waals surface area contributed by atoms with Gasteiger partial charge in [0.05, 0.1) is 10.6 Å². The van der Waals surface area contributed by atoms with Crippen molar-refractivity contribution in [2.45, 2.75) is 16.2 Å². The first kappa shape index (κ1) is 27.2. The lowest BCUT2D eigenvalue weighted by molar-refractivity contribution is -0.134. The van der Waals surface area contributed by atoms with Gasteiger partial charge in [0, 0.05) is 23.6 Å². The summed E-state index contributed by atoms with van der Waals surface area (Å²) in [7, 11) is -4.28. The number of carboxylic acid groups (broad SMARTS) is 1. The van der Waals surface area contributed by atoms with Gasteiger partial charge < -0.3 is 16.2 Å². The van der Waals surface area contributed by atoms with Gasteiger partial charge in [0.25, 0.3) is 0 Å². The van der Waals surface area contributed by atoms with Crippen LogP contribution in [-0.2, 0) is 25.9 Å². The minimum absolute atomic E-state index is 0. The molecule has 12 heteroatoms. The average Bonchev–Trinajstić information content (AvgIpc) is 3.38. The highest BCUT2D eigenvalue weighted by atomic mass is 35.5. The van der Waals surface area contributed by atoms with E-state index in [9.17, 15) is 17.6 Å². The summed E-state index contributed by atoms with van der Waals surface area (Å²) in [6.07, 6.45) is 1.56. The fourth-order valence-electron chi connectivity index (χ4n) is 3.52. The summed E-state index contributed by atoms with van der Waals surface area (Å²) < 4.78 is 41.1. The van der Waals surface area contributed by atoms with Gasteiger partial charge in [-0.1, -0.05) is 30.3 Å². The molecule has 0 aliphatic heterocycles. The Kier molecular flexibility index (Phi) is 8.41. The number of aliphatic carboxylic acids is 1. The van der Waals surface area contributed by atoms with Gasteiger partial charge in [-0.15, -0.1) is 23.7 Å². The van der Waals surface area contributed by atoms with E-state index in [0.717, 1.165) is 34.8 Å². The summed E-state index contributed by atoms with van der Waals surface area (Å²) in [6.45, 7) is -0.406. The predicted molar refractivity (Wildman–Crippen MR) is 138 cm³/mol. The number of carbonyl (C=O) groups is 1. The number of rotatable bonds is 9. The van der Waals surface area contributed by atoms with E-state index in [4.69, 9.17) is 10.8 Å². The van der Waals surface area contributed by atoms with E-state index in [-0.39, 0.29) is 35.2 Å². The van der Waals surface area contributed by atoms with Gasteiger partial charge in [-0.2, -0.15) is 0 Å². The lowest BCUT2D eigenvalue weighted by atomic mass is 10.0. The molecular weight excluding hydrogens is 527 g/mol. The van der Waals surface area contributed by atoms with Crippen LogP contribution in [0.4, 0.5) is 10.2 Å². The molecule has 0 bridgehead atoms. The zero-order chi connectivity index (χ0) is 25.1. The van der Waals surface area contributed by atoms with Crippen LogP contribution in [0.2, 0.25) is 0 Å². The quantitative estimate of drug-likeness (QED) is 0.266. The number of hydrogen-bond acceptors (Lipinski definition) is 8. The number of thiazole rings is 1. The zero-order valence-electron chi connectivity index (χ0n) is 18.7. The molecule has 1 atom stereocenters. The van der Waals surface area contributed by atoms with E-state index in [0.29, 0.717) is 5.56 Å².